The van der Waals surface area contributed by atoms with Crippen molar-refractivity contribution in [3.8, 4) is 0 Å². The van der Waals surface area contributed by atoms with Gasteiger partial charge in [0.05, 0.1) is 22.8 Å². The summed E-state index contributed by atoms with van der Waals surface area (Å²) >= 11 is 6.17. The van der Waals surface area contributed by atoms with Crippen LogP contribution in [-0.2, 0) is 0 Å². The molecule has 0 aliphatic rings. The summed E-state index contributed by atoms with van der Waals surface area (Å²) in [6.45, 7) is 3.98. The molecular formula is C16H13ClFN2. The van der Waals surface area contributed by atoms with Gasteiger partial charge in [-0.3, -0.25) is 4.68 Å². The molecule has 2 nitrogen and oxygen atoms in total. The predicted molar refractivity (Wildman–Crippen MR) is 79.3 cm³/mol. The second-order valence-electron chi connectivity index (χ2n) is 4.62. The van der Waals surface area contributed by atoms with Crippen molar-refractivity contribution in [2.75, 3.05) is 0 Å². The van der Waals surface area contributed by atoms with Crippen LogP contribution in [0.15, 0.2) is 48.7 Å². The Hall–Kier alpha value is -1.87. The molecule has 3 rings (SSSR count). The Morgan fingerprint density at radius 3 is 2.65 bits per heavy atom. The van der Waals surface area contributed by atoms with E-state index in [0.717, 1.165) is 16.5 Å². The third-order valence-corrected chi connectivity index (χ3v) is 3.74. The highest BCUT2D eigenvalue weighted by Crippen LogP contribution is 2.29. The lowest BCUT2D eigenvalue weighted by Gasteiger charge is -2.17. The number of rotatable bonds is 3. The Bertz CT molecular complexity index is 734. The number of halogens is 2. The number of hydrogen-bond acceptors (Lipinski definition) is 1. The molecule has 101 valence electrons. The van der Waals surface area contributed by atoms with Gasteiger partial charge in [0, 0.05) is 5.39 Å². The summed E-state index contributed by atoms with van der Waals surface area (Å²) in [5.74, 6) is -0.245. The third-order valence-electron chi connectivity index (χ3n) is 3.41. The molecule has 20 heavy (non-hydrogen) atoms. The molecule has 1 unspecified atom stereocenters. The minimum absolute atomic E-state index is 0.0356. The molecule has 0 spiro atoms. The van der Waals surface area contributed by atoms with E-state index in [1.807, 2.05) is 22.9 Å². The van der Waals surface area contributed by atoms with Crippen LogP contribution in [0.1, 0.15) is 18.0 Å². The zero-order chi connectivity index (χ0) is 14.1. The summed E-state index contributed by atoms with van der Waals surface area (Å²) in [5, 5.41) is 6.01. The summed E-state index contributed by atoms with van der Waals surface area (Å²) in [5.41, 5.74) is 1.93. The molecule has 0 saturated carbocycles. The molecule has 2 aromatic carbocycles. The van der Waals surface area contributed by atoms with Gasteiger partial charge in [-0.2, -0.15) is 5.10 Å². The van der Waals surface area contributed by atoms with Crippen molar-refractivity contribution >= 4 is 22.5 Å². The fourth-order valence-corrected chi connectivity index (χ4v) is 2.62. The minimum atomic E-state index is -0.245. The molecular weight excluding hydrogens is 275 g/mol. The van der Waals surface area contributed by atoms with E-state index in [-0.39, 0.29) is 11.9 Å². The first-order valence-corrected chi connectivity index (χ1v) is 6.75. The van der Waals surface area contributed by atoms with Gasteiger partial charge in [-0.1, -0.05) is 36.7 Å². The van der Waals surface area contributed by atoms with Crippen molar-refractivity contribution in [1.29, 1.82) is 0 Å². The molecule has 0 aliphatic carbocycles. The lowest BCUT2D eigenvalue weighted by atomic mass is 10.0. The molecule has 3 aromatic rings. The van der Waals surface area contributed by atoms with Crippen LogP contribution in [0.2, 0.25) is 5.02 Å². The molecule has 1 aromatic heterocycles. The van der Waals surface area contributed by atoms with Crippen molar-refractivity contribution in [2.24, 2.45) is 0 Å². The predicted octanol–water partition coefficient (Wildman–Crippen LogP) is 4.64. The summed E-state index contributed by atoms with van der Waals surface area (Å²) in [7, 11) is 0. The second-order valence-corrected chi connectivity index (χ2v) is 5.02. The molecule has 1 atom stereocenters. The summed E-state index contributed by atoms with van der Waals surface area (Å²) in [4.78, 5) is 0. The maximum Gasteiger partial charge on any atom is 0.123 e. The molecule has 0 aliphatic heterocycles. The Balaban J connectivity index is 2.12. The van der Waals surface area contributed by atoms with Crippen LogP contribution in [0, 0.1) is 12.7 Å². The van der Waals surface area contributed by atoms with E-state index in [4.69, 9.17) is 11.6 Å². The molecule has 0 N–H and O–H groups in total. The van der Waals surface area contributed by atoms with Crippen molar-refractivity contribution in [3.63, 3.8) is 0 Å². The summed E-state index contributed by atoms with van der Waals surface area (Å²) in [6, 6.07) is 12.1. The normalized spacial score (nSPS) is 12.8. The molecule has 1 radical (unpaired) electrons. The average molecular weight is 288 g/mol. The molecule has 0 amide bonds. The summed E-state index contributed by atoms with van der Waals surface area (Å²) in [6.07, 6.45) is 2.37. The zero-order valence-electron chi connectivity index (χ0n) is 10.8. The molecule has 1 heterocycles. The summed E-state index contributed by atoms with van der Waals surface area (Å²) < 4.78 is 14.9. The van der Waals surface area contributed by atoms with Crippen molar-refractivity contribution in [3.05, 3.63) is 72.0 Å². The van der Waals surface area contributed by atoms with E-state index in [1.54, 1.807) is 18.3 Å². The van der Waals surface area contributed by atoms with Gasteiger partial charge < -0.3 is 0 Å². The third kappa shape index (κ3) is 2.18. The minimum Gasteiger partial charge on any atom is -0.257 e. The fraction of sp³-hybridized carbons (Fsp3) is 0.125. The standard InChI is InChI=1S/C16H13ClFN2/c1-2-15(11-6-8-12(18)9-7-11)20-16-5-3-4-14(17)13(16)10-19-20/h3-10,15H,1-2H2. The lowest BCUT2D eigenvalue weighted by molar-refractivity contribution is 0.542. The van der Waals surface area contributed by atoms with Crippen molar-refractivity contribution in [2.45, 2.75) is 12.5 Å². The first-order valence-electron chi connectivity index (χ1n) is 6.37. The fourth-order valence-electron chi connectivity index (χ4n) is 2.40. The monoisotopic (exact) mass is 287 g/mol. The lowest BCUT2D eigenvalue weighted by Crippen LogP contribution is -2.11. The maximum absolute atomic E-state index is 13.0. The zero-order valence-corrected chi connectivity index (χ0v) is 11.5. The Kier molecular flexibility index (Phi) is 3.45. The Labute approximate surface area is 121 Å². The first kappa shape index (κ1) is 13.1. The van der Waals surface area contributed by atoms with Crippen molar-refractivity contribution in [1.82, 2.24) is 9.78 Å². The molecule has 0 saturated heterocycles. The van der Waals surface area contributed by atoms with E-state index >= 15 is 0 Å². The van der Waals surface area contributed by atoms with E-state index < -0.39 is 0 Å². The van der Waals surface area contributed by atoms with Crippen LogP contribution in [-0.4, -0.2) is 9.78 Å². The highest BCUT2D eigenvalue weighted by Gasteiger charge is 2.16. The van der Waals surface area contributed by atoms with Gasteiger partial charge in [-0.15, -0.1) is 0 Å². The topological polar surface area (TPSA) is 17.8 Å². The highest BCUT2D eigenvalue weighted by atomic mass is 35.5. The Morgan fingerprint density at radius 2 is 1.95 bits per heavy atom. The highest BCUT2D eigenvalue weighted by molar-refractivity contribution is 6.35. The van der Waals surface area contributed by atoms with Gasteiger partial charge in [0.15, 0.2) is 0 Å². The van der Waals surface area contributed by atoms with Gasteiger partial charge in [0.2, 0.25) is 0 Å². The van der Waals surface area contributed by atoms with Gasteiger partial charge in [0.25, 0.3) is 0 Å². The largest absolute Gasteiger partial charge is 0.257 e. The van der Waals surface area contributed by atoms with Gasteiger partial charge in [-0.25, -0.2) is 4.39 Å². The van der Waals surface area contributed by atoms with Gasteiger partial charge >= 0.3 is 0 Å². The molecule has 0 fully saturated rings. The van der Waals surface area contributed by atoms with E-state index in [0.29, 0.717) is 11.4 Å². The number of benzene rings is 2. The number of nitrogens with zero attached hydrogens (tertiary/aromatic N) is 2. The first-order chi connectivity index (χ1) is 9.70. The maximum atomic E-state index is 13.0. The van der Waals surface area contributed by atoms with Crippen LogP contribution in [0.3, 0.4) is 0 Å². The van der Waals surface area contributed by atoms with Crippen molar-refractivity contribution < 1.29 is 4.39 Å². The van der Waals surface area contributed by atoms with Crippen LogP contribution in [0.5, 0.6) is 0 Å². The SMILES string of the molecule is [CH2]CC(c1ccc(F)cc1)n1ncc2c(Cl)cccc21. The molecule has 4 heteroatoms. The number of hydrogen-bond donors (Lipinski definition) is 0. The number of aromatic nitrogens is 2. The van der Waals surface area contributed by atoms with E-state index in [9.17, 15) is 4.39 Å². The van der Waals surface area contributed by atoms with Gasteiger partial charge in [-0.05, 0) is 36.2 Å². The van der Waals surface area contributed by atoms with Crippen LogP contribution < -0.4 is 0 Å². The molecule has 0 bridgehead atoms. The smallest absolute Gasteiger partial charge is 0.123 e. The van der Waals surface area contributed by atoms with Crippen LogP contribution >= 0.6 is 11.6 Å². The van der Waals surface area contributed by atoms with Crippen LogP contribution in [0.25, 0.3) is 10.9 Å². The van der Waals surface area contributed by atoms with Crippen LogP contribution in [0.4, 0.5) is 4.39 Å². The van der Waals surface area contributed by atoms with Gasteiger partial charge in [0.1, 0.15) is 5.82 Å². The quantitative estimate of drug-likeness (QED) is 0.686. The Morgan fingerprint density at radius 1 is 1.20 bits per heavy atom. The second kappa shape index (κ2) is 5.25. The van der Waals surface area contributed by atoms with E-state index in [1.165, 1.54) is 12.1 Å². The average Bonchev–Trinajstić information content (AvgIpc) is 2.87. The number of fused-ring (bicyclic) bond motifs is 1. The van der Waals surface area contributed by atoms with E-state index in [2.05, 4.69) is 12.0 Å².